The van der Waals surface area contributed by atoms with Crippen LogP contribution in [0.15, 0.2) is 60.9 Å². The molecule has 31 heavy (non-hydrogen) atoms. The summed E-state index contributed by atoms with van der Waals surface area (Å²) in [7, 11) is -2.55. The van der Waals surface area contributed by atoms with Gasteiger partial charge in [-0.1, -0.05) is 23.4 Å². The maximum Gasteiger partial charge on any atom is 0.221 e. The number of aromatic nitrogens is 6. The molecule has 0 N–H and O–H groups in total. The molecule has 0 saturated heterocycles. The Morgan fingerprint density at radius 2 is 1.94 bits per heavy atom. The van der Waals surface area contributed by atoms with E-state index in [1.807, 2.05) is 30.3 Å². The van der Waals surface area contributed by atoms with Crippen LogP contribution < -0.4 is 5.30 Å². The monoisotopic (exact) mass is 432 g/mol. The fraction of sp³-hybridized carbons (Fsp3) is 0.136. The quantitative estimate of drug-likeness (QED) is 0.401. The van der Waals surface area contributed by atoms with E-state index in [9.17, 15) is 8.96 Å². The number of nitrogens with zero attached hydrogens (tertiary/aromatic N) is 6. The predicted molar refractivity (Wildman–Crippen MR) is 118 cm³/mol. The maximum absolute atomic E-state index is 14.8. The van der Waals surface area contributed by atoms with Crippen molar-refractivity contribution in [3.05, 3.63) is 72.3 Å². The molecule has 0 amide bonds. The second-order valence-electron chi connectivity index (χ2n) is 7.70. The number of fused-ring (bicyclic) bond motifs is 2. The molecule has 0 bridgehead atoms. The fourth-order valence-corrected chi connectivity index (χ4v) is 4.29. The third-order valence-corrected chi connectivity index (χ3v) is 6.60. The fourth-order valence-electron chi connectivity index (χ4n) is 3.43. The van der Waals surface area contributed by atoms with Crippen molar-refractivity contribution in [3.63, 3.8) is 0 Å². The van der Waals surface area contributed by atoms with Gasteiger partial charge in [-0.05, 0) is 49.2 Å². The summed E-state index contributed by atoms with van der Waals surface area (Å²) in [6.07, 6.45) is 3.23. The van der Waals surface area contributed by atoms with Gasteiger partial charge in [0.05, 0.1) is 24.0 Å². The lowest BCUT2D eigenvalue weighted by atomic mass is 10.1. The van der Waals surface area contributed by atoms with Crippen molar-refractivity contribution in [3.8, 4) is 11.3 Å². The van der Waals surface area contributed by atoms with E-state index in [4.69, 9.17) is 0 Å². The van der Waals surface area contributed by atoms with Crippen molar-refractivity contribution in [1.82, 2.24) is 29.9 Å². The Morgan fingerprint density at radius 3 is 2.74 bits per heavy atom. The molecule has 0 unspecified atom stereocenters. The topological polar surface area (TPSA) is 86.5 Å². The molecular weight excluding hydrogens is 414 g/mol. The molecule has 5 aromatic rings. The minimum absolute atomic E-state index is 0.288. The van der Waals surface area contributed by atoms with Gasteiger partial charge in [0.25, 0.3) is 0 Å². The number of benzene rings is 2. The van der Waals surface area contributed by atoms with Crippen LogP contribution in [0.5, 0.6) is 0 Å². The Hall–Kier alpha value is -3.51. The van der Waals surface area contributed by atoms with E-state index < -0.39 is 13.0 Å². The third kappa shape index (κ3) is 3.70. The van der Waals surface area contributed by atoms with Crippen molar-refractivity contribution < 1.29 is 8.96 Å². The van der Waals surface area contributed by atoms with Gasteiger partial charge in [-0.15, -0.1) is 5.10 Å². The zero-order chi connectivity index (χ0) is 21.6. The molecule has 2 aromatic carbocycles. The minimum atomic E-state index is -2.55. The molecule has 5 rings (SSSR count). The number of halogens is 1. The van der Waals surface area contributed by atoms with E-state index in [0.29, 0.717) is 28.8 Å². The third-order valence-electron chi connectivity index (χ3n) is 5.08. The molecule has 7 nitrogen and oxygen atoms in total. The Balaban J connectivity index is 1.53. The van der Waals surface area contributed by atoms with Crippen LogP contribution in [0.25, 0.3) is 33.5 Å². The van der Waals surface area contributed by atoms with Crippen molar-refractivity contribution in [2.75, 3.05) is 13.3 Å². The van der Waals surface area contributed by atoms with Crippen molar-refractivity contribution in [1.29, 1.82) is 0 Å². The normalized spacial score (nSPS) is 12.0. The van der Waals surface area contributed by atoms with Crippen LogP contribution in [0, 0.1) is 5.82 Å². The Kier molecular flexibility index (Phi) is 4.59. The van der Waals surface area contributed by atoms with E-state index in [1.165, 1.54) is 12.3 Å². The van der Waals surface area contributed by atoms with Gasteiger partial charge >= 0.3 is 0 Å². The highest BCUT2D eigenvalue weighted by molar-refractivity contribution is 7.70. The Bertz CT molecular complexity index is 1490. The van der Waals surface area contributed by atoms with Gasteiger partial charge in [-0.2, -0.15) is 0 Å². The number of pyridine rings is 1. The average molecular weight is 432 g/mol. The van der Waals surface area contributed by atoms with E-state index in [1.54, 1.807) is 36.3 Å². The van der Waals surface area contributed by atoms with Gasteiger partial charge in [-0.3, -0.25) is 4.98 Å². The molecule has 0 radical (unpaired) electrons. The highest BCUT2D eigenvalue weighted by atomic mass is 31.2. The van der Waals surface area contributed by atoms with Crippen LogP contribution in [0.1, 0.15) is 5.56 Å². The van der Waals surface area contributed by atoms with Gasteiger partial charge in [-0.25, -0.2) is 19.0 Å². The Labute approximate surface area is 177 Å². The maximum atomic E-state index is 14.8. The molecule has 3 heterocycles. The molecule has 0 aliphatic rings. The first-order chi connectivity index (χ1) is 14.9. The van der Waals surface area contributed by atoms with Crippen LogP contribution in [-0.2, 0) is 11.1 Å². The molecule has 0 aliphatic heterocycles. The van der Waals surface area contributed by atoms with Crippen molar-refractivity contribution in [2.45, 2.75) is 6.54 Å². The average Bonchev–Trinajstić information content (AvgIpc) is 3.15. The predicted octanol–water partition coefficient (Wildman–Crippen LogP) is 3.87. The number of hydrogen-bond donors (Lipinski definition) is 0. The first-order valence-corrected chi connectivity index (χ1v) is 12.2. The van der Waals surface area contributed by atoms with Crippen LogP contribution in [0.3, 0.4) is 0 Å². The van der Waals surface area contributed by atoms with Gasteiger partial charge < -0.3 is 4.57 Å². The van der Waals surface area contributed by atoms with Gasteiger partial charge in [0.1, 0.15) is 13.0 Å². The summed E-state index contributed by atoms with van der Waals surface area (Å²) in [5.74, 6) is -0.490. The van der Waals surface area contributed by atoms with Crippen LogP contribution in [0.4, 0.5) is 4.39 Å². The summed E-state index contributed by atoms with van der Waals surface area (Å²) in [5.41, 5.74) is 3.43. The van der Waals surface area contributed by atoms with E-state index in [0.717, 1.165) is 16.5 Å². The lowest BCUT2D eigenvalue weighted by Gasteiger charge is -2.09. The molecule has 0 atom stereocenters. The van der Waals surface area contributed by atoms with E-state index in [-0.39, 0.29) is 5.56 Å². The van der Waals surface area contributed by atoms with E-state index >= 15 is 0 Å². The highest BCUT2D eigenvalue weighted by Gasteiger charge is 2.17. The van der Waals surface area contributed by atoms with E-state index in [2.05, 4.69) is 25.3 Å². The molecular formula is C22H18FN6OP. The van der Waals surface area contributed by atoms with Crippen molar-refractivity contribution >= 4 is 34.6 Å². The molecule has 0 aliphatic carbocycles. The number of hydrogen-bond acceptors (Lipinski definition) is 6. The van der Waals surface area contributed by atoms with Crippen molar-refractivity contribution in [2.24, 2.45) is 0 Å². The second kappa shape index (κ2) is 7.32. The molecule has 9 heteroatoms. The highest BCUT2D eigenvalue weighted by Crippen LogP contribution is 2.35. The summed E-state index contributed by atoms with van der Waals surface area (Å²) in [4.78, 5) is 13.2. The zero-order valence-corrected chi connectivity index (χ0v) is 17.8. The second-order valence-corrected chi connectivity index (χ2v) is 10.9. The van der Waals surface area contributed by atoms with Crippen LogP contribution in [-0.4, -0.2) is 43.3 Å². The Morgan fingerprint density at radius 1 is 1.06 bits per heavy atom. The minimum Gasteiger partial charge on any atom is -0.319 e. The van der Waals surface area contributed by atoms with Crippen LogP contribution in [0.2, 0.25) is 0 Å². The summed E-state index contributed by atoms with van der Waals surface area (Å²) in [5, 5.41) is 9.76. The first kappa shape index (κ1) is 19.5. The molecule has 3 aromatic heterocycles. The first-order valence-electron chi connectivity index (χ1n) is 9.64. The van der Waals surface area contributed by atoms with Crippen LogP contribution >= 0.6 is 7.14 Å². The SMILES string of the molecule is CP(C)(=O)c1ccc(-c2cnc3nnn(Cc4ccc5ncccc5c4)c3n2)c(F)c1. The molecule has 154 valence electrons. The number of rotatable bonds is 4. The largest absolute Gasteiger partial charge is 0.319 e. The molecule has 0 spiro atoms. The standard InChI is InChI=1S/C22H18FN6OP/c1-31(2,30)16-6-7-17(18(23)11-16)20-12-25-21-22(26-20)29(28-27-21)13-14-5-8-19-15(10-14)4-3-9-24-19/h3-12H,13H2,1-2H3. The van der Waals surface area contributed by atoms with Gasteiger partial charge in [0, 0.05) is 22.5 Å². The lowest BCUT2D eigenvalue weighted by Crippen LogP contribution is -2.06. The summed E-state index contributed by atoms with van der Waals surface area (Å²) in [6, 6.07) is 14.4. The van der Waals surface area contributed by atoms with Gasteiger partial charge in [0.2, 0.25) is 5.65 Å². The smallest absolute Gasteiger partial charge is 0.221 e. The summed E-state index contributed by atoms with van der Waals surface area (Å²) >= 11 is 0. The molecule has 0 fully saturated rings. The van der Waals surface area contributed by atoms with Gasteiger partial charge in [0.15, 0.2) is 5.65 Å². The zero-order valence-electron chi connectivity index (χ0n) is 16.9. The summed E-state index contributed by atoms with van der Waals surface area (Å²) < 4.78 is 28.6. The molecule has 0 saturated carbocycles. The summed E-state index contributed by atoms with van der Waals surface area (Å²) in [6.45, 7) is 3.66. The lowest BCUT2D eigenvalue weighted by molar-refractivity contribution is 0.587.